The van der Waals surface area contributed by atoms with Gasteiger partial charge in [-0.05, 0) is 43.7 Å². The number of rotatable bonds is 7. The summed E-state index contributed by atoms with van der Waals surface area (Å²) in [5.74, 6) is -1.53. The van der Waals surface area contributed by atoms with Crippen LogP contribution in [0.25, 0.3) is 0 Å². The van der Waals surface area contributed by atoms with Gasteiger partial charge in [-0.3, -0.25) is 19.4 Å². The molecular formula is C27H27N3O4. The van der Waals surface area contributed by atoms with Crippen molar-refractivity contribution in [2.45, 2.75) is 37.9 Å². The van der Waals surface area contributed by atoms with E-state index in [1.807, 2.05) is 37.3 Å². The average molecular weight is 458 g/mol. The lowest BCUT2D eigenvalue weighted by molar-refractivity contribution is -0.142. The van der Waals surface area contributed by atoms with E-state index in [1.54, 1.807) is 59.5 Å². The third-order valence-corrected chi connectivity index (χ3v) is 6.27. The summed E-state index contributed by atoms with van der Waals surface area (Å²) in [6, 6.07) is 23.5. The molecule has 34 heavy (non-hydrogen) atoms. The predicted molar refractivity (Wildman–Crippen MR) is 132 cm³/mol. The van der Waals surface area contributed by atoms with Crippen LogP contribution in [-0.2, 0) is 19.9 Å². The molecule has 2 N–H and O–H groups in total. The normalized spacial score (nSPS) is 19.8. The van der Waals surface area contributed by atoms with Gasteiger partial charge in [0.25, 0.3) is 0 Å². The second-order valence-electron chi connectivity index (χ2n) is 8.50. The van der Waals surface area contributed by atoms with E-state index in [-0.39, 0.29) is 18.4 Å². The van der Waals surface area contributed by atoms with Crippen LogP contribution in [0.1, 0.15) is 25.8 Å². The van der Waals surface area contributed by atoms with E-state index in [0.717, 1.165) is 5.69 Å². The summed E-state index contributed by atoms with van der Waals surface area (Å²) in [6.45, 7) is 3.37. The van der Waals surface area contributed by atoms with Crippen LogP contribution < -0.4 is 15.1 Å². The number of carboxylic acids is 1. The van der Waals surface area contributed by atoms with Crippen molar-refractivity contribution < 1.29 is 19.5 Å². The molecule has 3 atom stereocenters. The maximum absolute atomic E-state index is 13.3. The number of carbonyl (C=O) groups excluding carboxylic acids is 2. The molecule has 1 aliphatic rings. The molecule has 3 aromatic carbocycles. The highest BCUT2D eigenvalue weighted by Crippen LogP contribution is 2.48. The third kappa shape index (κ3) is 3.90. The van der Waals surface area contributed by atoms with Crippen molar-refractivity contribution >= 4 is 35.3 Å². The summed E-state index contributed by atoms with van der Waals surface area (Å²) in [7, 11) is 0. The molecule has 1 aliphatic heterocycles. The Balaban J connectivity index is 2.08. The number of nitrogens with zero attached hydrogens (tertiary/aromatic N) is 2. The molecule has 0 radical (unpaired) electrons. The fraction of sp³-hybridized carbons (Fsp3) is 0.222. The zero-order valence-corrected chi connectivity index (χ0v) is 19.1. The van der Waals surface area contributed by atoms with Gasteiger partial charge in [-0.15, -0.1) is 0 Å². The van der Waals surface area contributed by atoms with Crippen LogP contribution in [0.3, 0.4) is 0 Å². The van der Waals surface area contributed by atoms with Crippen molar-refractivity contribution in [2.24, 2.45) is 0 Å². The standard InChI is InChI=1S/C27H27N3O4/c1-19-17-27(23-15-9-10-16-24(23)28-19,30(20(2)32)22-13-7-4-8-14-22)25(26(33)34)29(18-31)21-11-5-3-6-12-21/h3-16,18-19,25,28H,17H2,1-2H3,(H,33,34)/t19?,25?,27-/m0/s1. The number of anilines is 3. The first-order chi connectivity index (χ1) is 16.4. The number of nitrogens with one attached hydrogen (secondary N) is 1. The highest BCUT2D eigenvalue weighted by atomic mass is 16.4. The molecule has 7 nitrogen and oxygen atoms in total. The summed E-state index contributed by atoms with van der Waals surface area (Å²) in [5, 5.41) is 14.1. The molecule has 0 bridgehead atoms. The molecule has 3 aromatic rings. The van der Waals surface area contributed by atoms with Gasteiger partial charge < -0.3 is 10.4 Å². The molecule has 0 saturated carbocycles. The van der Waals surface area contributed by atoms with E-state index >= 15 is 0 Å². The van der Waals surface area contributed by atoms with Crippen LogP contribution in [0, 0.1) is 0 Å². The van der Waals surface area contributed by atoms with Gasteiger partial charge in [0.15, 0.2) is 6.04 Å². The minimum Gasteiger partial charge on any atom is -0.480 e. The molecule has 0 fully saturated rings. The SMILES string of the molecule is CC(=O)N(c1ccccc1)[C@@]1(C(C(=O)O)N(C=O)c2ccccc2)CC(C)Nc2ccccc21. The predicted octanol–water partition coefficient (Wildman–Crippen LogP) is 4.26. The molecule has 1 heterocycles. The van der Waals surface area contributed by atoms with E-state index in [1.165, 1.54) is 11.8 Å². The van der Waals surface area contributed by atoms with Crippen LogP contribution in [0.5, 0.6) is 0 Å². The van der Waals surface area contributed by atoms with Gasteiger partial charge in [-0.1, -0.05) is 54.6 Å². The minimum atomic E-state index is -1.40. The number of carboxylic acid groups (broad SMARTS) is 1. The number of benzene rings is 3. The zero-order valence-electron chi connectivity index (χ0n) is 19.1. The second kappa shape index (κ2) is 9.39. The molecule has 2 unspecified atom stereocenters. The second-order valence-corrected chi connectivity index (χ2v) is 8.50. The average Bonchev–Trinajstić information content (AvgIpc) is 2.83. The Labute approximate surface area is 198 Å². The largest absolute Gasteiger partial charge is 0.480 e. The smallest absolute Gasteiger partial charge is 0.329 e. The lowest BCUT2D eigenvalue weighted by Gasteiger charge is -2.53. The van der Waals surface area contributed by atoms with Gasteiger partial charge in [0.05, 0.1) is 0 Å². The zero-order chi connectivity index (χ0) is 24.3. The van der Waals surface area contributed by atoms with E-state index < -0.39 is 17.6 Å². The minimum absolute atomic E-state index is 0.174. The van der Waals surface area contributed by atoms with Crippen LogP contribution in [0.15, 0.2) is 84.9 Å². The Morgan fingerprint density at radius 2 is 1.53 bits per heavy atom. The number of carbonyl (C=O) groups is 3. The van der Waals surface area contributed by atoms with Gasteiger partial charge in [0.1, 0.15) is 5.54 Å². The Bertz CT molecular complexity index is 1180. The molecule has 4 rings (SSSR count). The lowest BCUT2D eigenvalue weighted by atomic mass is 9.72. The topological polar surface area (TPSA) is 90.0 Å². The number of fused-ring (bicyclic) bond motifs is 1. The van der Waals surface area contributed by atoms with Crippen LogP contribution >= 0.6 is 0 Å². The van der Waals surface area contributed by atoms with E-state index in [0.29, 0.717) is 23.3 Å². The number of hydrogen-bond donors (Lipinski definition) is 2. The van der Waals surface area contributed by atoms with Crippen molar-refractivity contribution in [3.05, 3.63) is 90.5 Å². The van der Waals surface area contributed by atoms with E-state index in [9.17, 15) is 19.5 Å². The molecule has 0 aliphatic carbocycles. The first kappa shape index (κ1) is 23.0. The van der Waals surface area contributed by atoms with Gasteiger partial charge in [-0.2, -0.15) is 0 Å². The number of hydrogen-bond acceptors (Lipinski definition) is 4. The summed E-state index contributed by atoms with van der Waals surface area (Å²) >= 11 is 0. The lowest BCUT2D eigenvalue weighted by Crippen LogP contribution is -2.67. The van der Waals surface area contributed by atoms with Gasteiger partial charge in [-0.25, -0.2) is 4.79 Å². The first-order valence-electron chi connectivity index (χ1n) is 11.1. The third-order valence-electron chi connectivity index (χ3n) is 6.27. The van der Waals surface area contributed by atoms with Crippen LogP contribution in [0.2, 0.25) is 0 Å². The fourth-order valence-corrected chi connectivity index (χ4v) is 5.17. The Morgan fingerprint density at radius 1 is 0.971 bits per heavy atom. The number of amides is 2. The molecule has 0 aromatic heterocycles. The van der Waals surface area contributed by atoms with Gasteiger partial charge >= 0.3 is 5.97 Å². The fourth-order valence-electron chi connectivity index (χ4n) is 5.17. The Kier molecular flexibility index (Phi) is 6.36. The van der Waals surface area contributed by atoms with Crippen molar-refractivity contribution in [1.29, 1.82) is 0 Å². The Morgan fingerprint density at radius 3 is 2.09 bits per heavy atom. The first-order valence-corrected chi connectivity index (χ1v) is 11.1. The van der Waals surface area contributed by atoms with Crippen molar-refractivity contribution in [3.63, 3.8) is 0 Å². The highest BCUT2D eigenvalue weighted by molar-refractivity contribution is 5.98. The maximum atomic E-state index is 13.3. The molecule has 0 saturated heterocycles. The van der Waals surface area contributed by atoms with E-state index in [4.69, 9.17) is 0 Å². The molecule has 174 valence electrons. The summed E-state index contributed by atoms with van der Waals surface area (Å²) in [6.07, 6.45) is 0.807. The van der Waals surface area contributed by atoms with Crippen molar-refractivity contribution in [1.82, 2.24) is 0 Å². The summed E-state index contributed by atoms with van der Waals surface area (Å²) < 4.78 is 0. The van der Waals surface area contributed by atoms with Crippen LogP contribution in [-0.4, -0.2) is 35.5 Å². The molecular weight excluding hydrogens is 430 g/mol. The number of para-hydroxylation sites is 3. The molecule has 7 heteroatoms. The quantitative estimate of drug-likeness (QED) is 0.518. The van der Waals surface area contributed by atoms with Crippen molar-refractivity contribution in [3.8, 4) is 0 Å². The summed E-state index contributed by atoms with van der Waals surface area (Å²) in [5.41, 5.74) is 0.973. The maximum Gasteiger partial charge on any atom is 0.329 e. The Hall–Kier alpha value is -4.13. The number of aliphatic carboxylic acids is 1. The van der Waals surface area contributed by atoms with Gasteiger partial charge in [0.2, 0.25) is 12.3 Å². The van der Waals surface area contributed by atoms with E-state index in [2.05, 4.69) is 5.32 Å². The highest BCUT2D eigenvalue weighted by Gasteiger charge is 2.56. The molecule has 0 spiro atoms. The monoisotopic (exact) mass is 457 g/mol. The summed E-state index contributed by atoms with van der Waals surface area (Å²) in [4.78, 5) is 41.7. The van der Waals surface area contributed by atoms with Crippen LogP contribution in [0.4, 0.5) is 17.1 Å². The molecule has 2 amide bonds. The van der Waals surface area contributed by atoms with Crippen molar-refractivity contribution in [2.75, 3.05) is 15.1 Å². The van der Waals surface area contributed by atoms with Gasteiger partial charge in [0, 0.05) is 35.6 Å².